The van der Waals surface area contributed by atoms with Crippen LogP contribution in [0.3, 0.4) is 0 Å². The Hall–Kier alpha value is -2.85. The standard InChI is InChI=1S/C21H22N2O4S/c1-14-6-2-4-8-17(14)26-11-10-20(25)27-13-19(24)23-21-16(12-22)15-7-3-5-9-18(15)28-21/h2,4,6,8H,3,5,7,9-11,13H2,1H3,(H,23,24). The van der Waals surface area contributed by atoms with E-state index in [-0.39, 0.29) is 19.6 Å². The Morgan fingerprint density at radius 2 is 2.04 bits per heavy atom. The van der Waals surface area contributed by atoms with Crippen LogP contribution >= 0.6 is 11.3 Å². The lowest BCUT2D eigenvalue weighted by atomic mass is 9.96. The maximum atomic E-state index is 12.1. The van der Waals surface area contributed by atoms with Crippen molar-refractivity contribution < 1.29 is 19.1 Å². The van der Waals surface area contributed by atoms with E-state index in [2.05, 4.69) is 11.4 Å². The first kappa shape index (κ1) is 19.9. The zero-order valence-corrected chi connectivity index (χ0v) is 16.6. The minimum Gasteiger partial charge on any atom is -0.493 e. The number of fused-ring (bicyclic) bond motifs is 1. The Bertz CT molecular complexity index is 914. The molecular weight excluding hydrogens is 376 g/mol. The van der Waals surface area contributed by atoms with Gasteiger partial charge in [0.2, 0.25) is 0 Å². The SMILES string of the molecule is Cc1ccccc1OCCC(=O)OCC(=O)Nc1sc2c(c1C#N)CCCC2. The molecule has 0 unspecified atom stereocenters. The average molecular weight is 398 g/mol. The molecule has 1 aromatic heterocycles. The summed E-state index contributed by atoms with van der Waals surface area (Å²) < 4.78 is 10.6. The molecule has 6 nitrogen and oxygen atoms in total. The highest BCUT2D eigenvalue weighted by Gasteiger charge is 2.22. The monoisotopic (exact) mass is 398 g/mol. The van der Waals surface area contributed by atoms with Crippen molar-refractivity contribution in [3.63, 3.8) is 0 Å². The van der Waals surface area contributed by atoms with Gasteiger partial charge in [0.25, 0.3) is 5.91 Å². The fraction of sp³-hybridized carbons (Fsp3) is 0.381. The smallest absolute Gasteiger partial charge is 0.309 e. The molecule has 146 valence electrons. The van der Waals surface area contributed by atoms with E-state index in [1.165, 1.54) is 16.2 Å². The van der Waals surface area contributed by atoms with Crippen molar-refractivity contribution in [1.29, 1.82) is 5.26 Å². The number of nitrogens with zero attached hydrogens (tertiary/aromatic N) is 1. The molecule has 1 aliphatic carbocycles. The van der Waals surface area contributed by atoms with Gasteiger partial charge in [0.15, 0.2) is 6.61 Å². The van der Waals surface area contributed by atoms with Crippen LogP contribution in [0.5, 0.6) is 5.75 Å². The molecule has 0 fully saturated rings. The molecule has 0 atom stereocenters. The largest absolute Gasteiger partial charge is 0.493 e. The minimum absolute atomic E-state index is 0.0539. The normalized spacial score (nSPS) is 12.6. The molecule has 3 rings (SSSR count). The molecule has 1 N–H and O–H groups in total. The quantitative estimate of drug-likeness (QED) is 0.718. The molecular formula is C21H22N2O4S. The fourth-order valence-corrected chi connectivity index (χ4v) is 4.37. The van der Waals surface area contributed by atoms with E-state index in [0.717, 1.165) is 42.6 Å². The summed E-state index contributed by atoms with van der Waals surface area (Å²) in [5.41, 5.74) is 2.59. The first-order chi connectivity index (χ1) is 13.6. The molecule has 1 amide bonds. The van der Waals surface area contributed by atoms with Crippen molar-refractivity contribution >= 4 is 28.2 Å². The van der Waals surface area contributed by atoms with Gasteiger partial charge in [0, 0.05) is 4.88 Å². The van der Waals surface area contributed by atoms with Gasteiger partial charge in [-0.15, -0.1) is 11.3 Å². The summed E-state index contributed by atoms with van der Waals surface area (Å²) in [7, 11) is 0. The zero-order chi connectivity index (χ0) is 19.9. The van der Waals surface area contributed by atoms with Gasteiger partial charge >= 0.3 is 5.97 Å². The third-order valence-electron chi connectivity index (χ3n) is 4.56. The van der Waals surface area contributed by atoms with E-state index in [1.807, 2.05) is 31.2 Å². The third kappa shape index (κ3) is 4.90. The number of carbonyl (C=O) groups excluding carboxylic acids is 2. The van der Waals surface area contributed by atoms with Gasteiger partial charge in [-0.3, -0.25) is 9.59 Å². The van der Waals surface area contributed by atoms with Gasteiger partial charge in [-0.05, 0) is 49.8 Å². The number of ether oxygens (including phenoxy) is 2. The number of carbonyl (C=O) groups is 2. The van der Waals surface area contributed by atoms with Crippen LogP contribution in [-0.2, 0) is 27.2 Å². The molecule has 1 aliphatic rings. The van der Waals surface area contributed by atoms with Crippen molar-refractivity contribution in [2.24, 2.45) is 0 Å². The molecule has 0 spiro atoms. The van der Waals surface area contributed by atoms with E-state index in [9.17, 15) is 14.9 Å². The van der Waals surface area contributed by atoms with E-state index in [4.69, 9.17) is 9.47 Å². The lowest BCUT2D eigenvalue weighted by Gasteiger charge is -2.09. The van der Waals surface area contributed by atoms with Gasteiger partial charge in [0.1, 0.15) is 16.8 Å². The van der Waals surface area contributed by atoms with Crippen LogP contribution < -0.4 is 10.1 Å². The van der Waals surface area contributed by atoms with Crippen molar-refractivity contribution in [3.8, 4) is 11.8 Å². The van der Waals surface area contributed by atoms with Crippen molar-refractivity contribution in [3.05, 3.63) is 45.8 Å². The van der Waals surface area contributed by atoms with E-state index in [1.54, 1.807) is 0 Å². The molecule has 0 aliphatic heterocycles. The molecule has 28 heavy (non-hydrogen) atoms. The summed E-state index contributed by atoms with van der Waals surface area (Å²) in [6, 6.07) is 9.73. The van der Waals surface area contributed by atoms with Crippen molar-refractivity contribution in [2.75, 3.05) is 18.5 Å². The van der Waals surface area contributed by atoms with Gasteiger partial charge in [-0.1, -0.05) is 18.2 Å². The number of nitrogens with one attached hydrogen (secondary N) is 1. The Morgan fingerprint density at radius 1 is 1.25 bits per heavy atom. The lowest BCUT2D eigenvalue weighted by Crippen LogP contribution is -2.21. The number of nitriles is 1. The number of thiophene rings is 1. The van der Waals surface area contributed by atoms with Gasteiger partial charge in [-0.25, -0.2) is 0 Å². The number of aryl methyl sites for hydroxylation is 2. The summed E-state index contributed by atoms with van der Waals surface area (Å²) >= 11 is 1.45. The van der Waals surface area contributed by atoms with Crippen LogP contribution in [0.1, 0.15) is 40.8 Å². The molecule has 2 aromatic rings. The molecule has 0 radical (unpaired) electrons. The van der Waals surface area contributed by atoms with Gasteiger partial charge in [0.05, 0.1) is 18.6 Å². The average Bonchev–Trinajstić information content (AvgIpc) is 3.04. The predicted octanol–water partition coefficient (Wildman–Crippen LogP) is 3.76. The topological polar surface area (TPSA) is 88.4 Å². The number of benzene rings is 1. The van der Waals surface area contributed by atoms with E-state index < -0.39 is 11.9 Å². The third-order valence-corrected chi connectivity index (χ3v) is 5.76. The molecule has 0 bridgehead atoms. The Labute approximate surface area is 168 Å². The number of anilines is 1. The Kier molecular flexibility index (Phi) is 6.66. The van der Waals surface area contributed by atoms with Crippen LogP contribution in [0.4, 0.5) is 5.00 Å². The minimum atomic E-state index is -0.505. The van der Waals surface area contributed by atoms with Crippen LogP contribution in [0.15, 0.2) is 24.3 Å². The zero-order valence-electron chi connectivity index (χ0n) is 15.7. The van der Waals surface area contributed by atoms with Gasteiger partial charge < -0.3 is 14.8 Å². The van der Waals surface area contributed by atoms with Crippen LogP contribution in [0.25, 0.3) is 0 Å². The highest BCUT2D eigenvalue weighted by molar-refractivity contribution is 7.16. The van der Waals surface area contributed by atoms with Crippen LogP contribution in [-0.4, -0.2) is 25.1 Å². The molecule has 0 saturated carbocycles. The number of rotatable bonds is 7. The maximum absolute atomic E-state index is 12.1. The molecule has 0 saturated heterocycles. The highest BCUT2D eigenvalue weighted by Crippen LogP contribution is 2.37. The lowest BCUT2D eigenvalue weighted by molar-refractivity contribution is -0.147. The van der Waals surface area contributed by atoms with Crippen molar-refractivity contribution in [2.45, 2.75) is 39.0 Å². The summed E-state index contributed by atoms with van der Waals surface area (Å²) in [5.74, 6) is -0.225. The number of amides is 1. The maximum Gasteiger partial charge on any atom is 0.309 e. The Morgan fingerprint density at radius 3 is 2.82 bits per heavy atom. The predicted molar refractivity (Wildman–Crippen MR) is 107 cm³/mol. The fourth-order valence-electron chi connectivity index (χ4n) is 3.12. The second-order valence-corrected chi connectivity index (χ2v) is 7.70. The van der Waals surface area contributed by atoms with Crippen molar-refractivity contribution in [1.82, 2.24) is 0 Å². The van der Waals surface area contributed by atoms with Crippen LogP contribution in [0, 0.1) is 18.3 Å². The number of esters is 1. The number of hydrogen-bond acceptors (Lipinski definition) is 6. The number of hydrogen-bond donors (Lipinski definition) is 1. The number of para-hydroxylation sites is 1. The van der Waals surface area contributed by atoms with E-state index in [0.29, 0.717) is 10.6 Å². The molecule has 1 heterocycles. The molecule has 7 heteroatoms. The summed E-state index contributed by atoms with van der Waals surface area (Å²) in [4.78, 5) is 25.1. The summed E-state index contributed by atoms with van der Waals surface area (Å²) in [6.07, 6.45) is 4.04. The molecule has 1 aromatic carbocycles. The van der Waals surface area contributed by atoms with Crippen LogP contribution in [0.2, 0.25) is 0 Å². The van der Waals surface area contributed by atoms with E-state index >= 15 is 0 Å². The first-order valence-electron chi connectivity index (χ1n) is 9.27. The van der Waals surface area contributed by atoms with Gasteiger partial charge in [-0.2, -0.15) is 5.26 Å². The second-order valence-electron chi connectivity index (χ2n) is 6.60. The second kappa shape index (κ2) is 9.38. The Balaban J connectivity index is 1.44. The summed E-state index contributed by atoms with van der Waals surface area (Å²) in [6.45, 7) is 1.73. The highest BCUT2D eigenvalue weighted by atomic mass is 32.1. The first-order valence-corrected chi connectivity index (χ1v) is 10.1. The summed E-state index contributed by atoms with van der Waals surface area (Å²) in [5, 5.41) is 12.7.